The number of aromatic nitrogens is 1. The molecular formula is C19H19NO4. The van der Waals surface area contributed by atoms with E-state index < -0.39 is 5.97 Å². The first-order valence-corrected chi connectivity index (χ1v) is 7.57. The van der Waals surface area contributed by atoms with Crippen molar-refractivity contribution in [2.45, 2.75) is 13.7 Å². The van der Waals surface area contributed by atoms with Crippen LogP contribution in [0, 0.1) is 6.92 Å². The summed E-state index contributed by atoms with van der Waals surface area (Å²) < 4.78 is 12.2. The number of nitrogens with zero attached hydrogens (tertiary/aromatic N) is 1. The summed E-state index contributed by atoms with van der Waals surface area (Å²) in [7, 11) is 2.94. The monoisotopic (exact) mass is 325 g/mol. The molecule has 2 aromatic carbocycles. The fourth-order valence-corrected chi connectivity index (χ4v) is 2.99. The second kappa shape index (κ2) is 6.37. The Morgan fingerprint density at radius 2 is 1.92 bits per heavy atom. The molecule has 0 aliphatic carbocycles. The molecule has 1 N–H and O–H groups in total. The van der Waals surface area contributed by atoms with Crippen LogP contribution in [0.15, 0.2) is 42.5 Å². The van der Waals surface area contributed by atoms with Crippen LogP contribution in [-0.4, -0.2) is 29.9 Å². The second-order valence-electron chi connectivity index (χ2n) is 5.60. The summed E-state index contributed by atoms with van der Waals surface area (Å²) >= 11 is 0. The maximum absolute atomic E-state index is 12.5. The van der Waals surface area contributed by atoms with E-state index in [0.29, 0.717) is 16.8 Å². The Balaban J connectivity index is 2.46. The molecule has 0 amide bonds. The minimum absolute atomic E-state index is 0.103. The minimum atomic E-state index is -0.447. The van der Waals surface area contributed by atoms with Gasteiger partial charge in [-0.05, 0) is 25.1 Å². The number of ether oxygens (including phenoxy) is 2. The number of phenols is 1. The fraction of sp³-hybridized carbons (Fsp3) is 0.211. The first-order chi connectivity index (χ1) is 11.6. The van der Waals surface area contributed by atoms with Crippen LogP contribution in [0.2, 0.25) is 0 Å². The Kier molecular flexibility index (Phi) is 4.27. The first kappa shape index (κ1) is 16.1. The van der Waals surface area contributed by atoms with Gasteiger partial charge in [0.25, 0.3) is 0 Å². The van der Waals surface area contributed by atoms with E-state index in [9.17, 15) is 9.90 Å². The van der Waals surface area contributed by atoms with Crippen LogP contribution in [0.4, 0.5) is 0 Å². The second-order valence-corrected chi connectivity index (χ2v) is 5.60. The van der Waals surface area contributed by atoms with Gasteiger partial charge in [0, 0.05) is 18.1 Å². The van der Waals surface area contributed by atoms with E-state index in [4.69, 9.17) is 9.47 Å². The van der Waals surface area contributed by atoms with Gasteiger partial charge in [0.1, 0.15) is 12.5 Å². The maximum Gasteiger partial charge on any atom is 0.340 e. The van der Waals surface area contributed by atoms with Gasteiger partial charge in [0.2, 0.25) is 0 Å². The van der Waals surface area contributed by atoms with Gasteiger partial charge in [-0.25, -0.2) is 4.79 Å². The van der Waals surface area contributed by atoms with Crippen LogP contribution in [0.3, 0.4) is 0 Å². The lowest BCUT2D eigenvalue weighted by Crippen LogP contribution is -2.07. The van der Waals surface area contributed by atoms with Crippen molar-refractivity contribution >= 4 is 16.9 Å². The molecule has 0 saturated heterocycles. The zero-order valence-corrected chi connectivity index (χ0v) is 13.9. The summed E-state index contributed by atoms with van der Waals surface area (Å²) in [6, 6.07) is 12.8. The van der Waals surface area contributed by atoms with Crippen LogP contribution in [0.5, 0.6) is 5.75 Å². The lowest BCUT2D eigenvalue weighted by Gasteiger charge is -2.13. The highest BCUT2D eigenvalue weighted by Crippen LogP contribution is 2.38. The largest absolute Gasteiger partial charge is 0.507 e. The van der Waals surface area contributed by atoms with E-state index in [0.717, 1.165) is 16.5 Å². The van der Waals surface area contributed by atoms with Crippen molar-refractivity contribution in [2.24, 2.45) is 0 Å². The standard InChI is InChI=1S/C19H19NO4/c1-12-8-9-16(21)14(10-12)18-17(19(22)24-3)13-6-4-5-7-15(13)20(18)11-23-2/h4-10,21H,11H2,1-3H3. The summed E-state index contributed by atoms with van der Waals surface area (Å²) in [5, 5.41) is 11.1. The fourth-order valence-electron chi connectivity index (χ4n) is 2.99. The van der Waals surface area contributed by atoms with Gasteiger partial charge in [0.05, 0.1) is 23.9 Å². The van der Waals surface area contributed by atoms with Crippen LogP contribution < -0.4 is 0 Å². The van der Waals surface area contributed by atoms with Crippen LogP contribution in [-0.2, 0) is 16.2 Å². The predicted octanol–water partition coefficient (Wildman–Crippen LogP) is 3.71. The van der Waals surface area contributed by atoms with Gasteiger partial charge in [0.15, 0.2) is 0 Å². The van der Waals surface area contributed by atoms with Crippen molar-refractivity contribution in [2.75, 3.05) is 14.2 Å². The number of para-hydroxylation sites is 1. The molecule has 0 unspecified atom stereocenters. The molecule has 24 heavy (non-hydrogen) atoms. The molecule has 0 atom stereocenters. The van der Waals surface area contributed by atoms with Crippen molar-refractivity contribution in [3.05, 3.63) is 53.6 Å². The van der Waals surface area contributed by atoms with Crippen molar-refractivity contribution in [1.29, 1.82) is 0 Å². The molecule has 0 aliphatic heterocycles. The number of carbonyl (C=O) groups is 1. The summed E-state index contributed by atoms with van der Waals surface area (Å²) in [6.07, 6.45) is 0. The van der Waals surface area contributed by atoms with E-state index in [1.54, 1.807) is 13.2 Å². The highest BCUT2D eigenvalue weighted by molar-refractivity contribution is 6.11. The molecule has 5 nitrogen and oxygen atoms in total. The molecule has 5 heteroatoms. The summed E-state index contributed by atoms with van der Waals surface area (Å²) in [6.45, 7) is 2.18. The van der Waals surface area contributed by atoms with E-state index in [2.05, 4.69) is 0 Å². The third-order valence-electron chi connectivity index (χ3n) is 4.03. The topological polar surface area (TPSA) is 60.7 Å². The average Bonchev–Trinajstić information content (AvgIpc) is 2.91. The van der Waals surface area contributed by atoms with Gasteiger partial charge in [-0.3, -0.25) is 0 Å². The summed E-state index contributed by atoms with van der Waals surface area (Å²) in [4.78, 5) is 12.5. The molecule has 3 rings (SSSR count). The zero-order valence-electron chi connectivity index (χ0n) is 13.9. The van der Waals surface area contributed by atoms with Gasteiger partial charge in [-0.15, -0.1) is 0 Å². The molecule has 124 valence electrons. The summed E-state index contributed by atoms with van der Waals surface area (Å²) in [5.41, 5.74) is 3.41. The van der Waals surface area contributed by atoms with Gasteiger partial charge >= 0.3 is 5.97 Å². The van der Waals surface area contributed by atoms with Crippen molar-refractivity contribution in [3.63, 3.8) is 0 Å². The lowest BCUT2D eigenvalue weighted by molar-refractivity contribution is 0.0603. The molecular weight excluding hydrogens is 306 g/mol. The van der Waals surface area contributed by atoms with Crippen molar-refractivity contribution in [1.82, 2.24) is 4.57 Å². The highest BCUT2D eigenvalue weighted by Gasteiger charge is 2.25. The smallest absolute Gasteiger partial charge is 0.340 e. The molecule has 0 aliphatic rings. The number of hydrogen-bond acceptors (Lipinski definition) is 4. The minimum Gasteiger partial charge on any atom is -0.507 e. The first-order valence-electron chi connectivity index (χ1n) is 7.57. The number of hydrogen-bond donors (Lipinski definition) is 1. The quantitative estimate of drug-likeness (QED) is 0.743. The molecule has 3 aromatic rings. The Morgan fingerprint density at radius 3 is 2.62 bits per heavy atom. The number of benzene rings is 2. The van der Waals surface area contributed by atoms with Crippen LogP contribution >= 0.6 is 0 Å². The van der Waals surface area contributed by atoms with E-state index in [1.165, 1.54) is 7.11 Å². The number of aromatic hydroxyl groups is 1. The van der Waals surface area contributed by atoms with E-state index >= 15 is 0 Å². The maximum atomic E-state index is 12.5. The average molecular weight is 325 g/mol. The van der Waals surface area contributed by atoms with Crippen LogP contribution in [0.1, 0.15) is 15.9 Å². The number of rotatable bonds is 4. The number of phenolic OH excluding ortho intramolecular Hbond substituents is 1. The third-order valence-corrected chi connectivity index (χ3v) is 4.03. The molecule has 0 fully saturated rings. The Hall–Kier alpha value is -2.79. The molecule has 1 heterocycles. The third kappa shape index (κ3) is 2.53. The van der Waals surface area contributed by atoms with Gasteiger partial charge < -0.3 is 19.1 Å². The Bertz CT molecular complexity index is 911. The lowest BCUT2D eigenvalue weighted by atomic mass is 10.0. The normalized spacial score (nSPS) is 11.0. The number of fused-ring (bicyclic) bond motifs is 1. The number of carbonyl (C=O) groups excluding carboxylic acids is 1. The molecule has 0 spiro atoms. The van der Waals surface area contributed by atoms with E-state index in [1.807, 2.05) is 47.9 Å². The number of aryl methyl sites for hydroxylation is 1. The highest BCUT2D eigenvalue weighted by atomic mass is 16.5. The molecule has 1 aromatic heterocycles. The van der Waals surface area contributed by atoms with Crippen molar-refractivity contribution < 1.29 is 19.4 Å². The van der Waals surface area contributed by atoms with Crippen LogP contribution in [0.25, 0.3) is 22.2 Å². The number of methoxy groups -OCH3 is 2. The Labute approximate surface area is 140 Å². The summed E-state index contributed by atoms with van der Waals surface area (Å²) in [5.74, 6) is -0.345. The molecule has 0 saturated carbocycles. The number of esters is 1. The van der Waals surface area contributed by atoms with Gasteiger partial charge in [-0.1, -0.05) is 29.8 Å². The molecule has 0 radical (unpaired) electrons. The van der Waals surface area contributed by atoms with E-state index in [-0.39, 0.29) is 12.5 Å². The Morgan fingerprint density at radius 1 is 1.17 bits per heavy atom. The zero-order chi connectivity index (χ0) is 17.3. The predicted molar refractivity (Wildman–Crippen MR) is 92.1 cm³/mol. The molecule has 0 bridgehead atoms. The van der Waals surface area contributed by atoms with Gasteiger partial charge in [-0.2, -0.15) is 0 Å². The van der Waals surface area contributed by atoms with Crippen molar-refractivity contribution in [3.8, 4) is 17.0 Å². The SMILES string of the molecule is COCn1c(-c2cc(C)ccc2O)c(C(=O)OC)c2ccccc21.